The summed E-state index contributed by atoms with van der Waals surface area (Å²) in [4.78, 5) is 11.7. The summed E-state index contributed by atoms with van der Waals surface area (Å²) in [5.41, 5.74) is 1.39. The van der Waals surface area contributed by atoms with Crippen LogP contribution < -0.4 is 10.1 Å². The Morgan fingerprint density at radius 2 is 2.20 bits per heavy atom. The van der Waals surface area contributed by atoms with E-state index < -0.39 is 0 Å². The fraction of sp³-hybridized carbons (Fsp3) is 0.364. The number of ketones is 1. The van der Waals surface area contributed by atoms with Crippen LogP contribution in [0, 0.1) is 6.92 Å². The molecule has 0 spiro atoms. The van der Waals surface area contributed by atoms with Gasteiger partial charge in [0, 0.05) is 10.6 Å². The van der Waals surface area contributed by atoms with Gasteiger partial charge >= 0.3 is 0 Å². The number of hydrogen-bond acceptors (Lipinski definition) is 3. The first kappa shape index (κ1) is 12.0. The highest BCUT2D eigenvalue weighted by Gasteiger charge is 2.12. The Morgan fingerprint density at radius 1 is 1.53 bits per heavy atom. The molecule has 1 aromatic carbocycles. The number of hydrogen-bond donors (Lipinski definition) is 1. The Morgan fingerprint density at radius 3 is 2.73 bits per heavy atom. The molecule has 82 valence electrons. The predicted octanol–water partition coefficient (Wildman–Crippen LogP) is 2.06. The first-order chi connectivity index (χ1) is 7.10. The summed E-state index contributed by atoms with van der Waals surface area (Å²) in [6.07, 6.45) is 0. The smallest absolute Gasteiger partial charge is 0.177 e. The van der Waals surface area contributed by atoms with Crippen LogP contribution in [0.15, 0.2) is 12.1 Å². The van der Waals surface area contributed by atoms with Crippen LogP contribution in [0.2, 0.25) is 5.02 Å². The first-order valence-electron chi connectivity index (χ1n) is 4.62. The zero-order valence-electron chi connectivity index (χ0n) is 9.06. The van der Waals surface area contributed by atoms with Gasteiger partial charge in [-0.25, -0.2) is 0 Å². The van der Waals surface area contributed by atoms with Crippen molar-refractivity contribution in [2.24, 2.45) is 0 Å². The molecular weight excluding hydrogens is 214 g/mol. The lowest BCUT2D eigenvalue weighted by atomic mass is 10.0. The van der Waals surface area contributed by atoms with Gasteiger partial charge in [-0.05, 0) is 31.7 Å². The number of Topliss-reactive ketones (excluding diaryl/α,β-unsaturated/α-hetero) is 1. The summed E-state index contributed by atoms with van der Waals surface area (Å²) in [6, 6.07) is 3.41. The topological polar surface area (TPSA) is 38.3 Å². The minimum atomic E-state index is 0.0100. The molecule has 0 aliphatic rings. The van der Waals surface area contributed by atoms with Gasteiger partial charge in [0.05, 0.1) is 13.7 Å². The van der Waals surface area contributed by atoms with Crippen LogP contribution in [-0.2, 0) is 0 Å². The van der Waals surface area contributed by atoms with Gasteiger partial charge in [-0.2, -0.15) is 0 Å². The maximum atomic E-state index is 11.7. The standard InChI is InChI=1S/C11H14ClNO2/c1-7-9(11(14)6-13-2)4-8(15-3)5-10(7)12/h4-5,13H,6H2,1-3H3. The predicted molar refractivity (Wildman–Crippen MR) is 61.0 cm³/mol. The van der Waals surface area contributed by atoms with Gasteiger partial charge < -0.3 is 10.1 Å². The van der Waals surface area contributed by atoms with E-state index in [1.165, 1.54) is 0 Å². The highest BCUT2D eigenvalue weighted by atomic mass is 35.5. The summed E-state index contributed by atoms with van der Waals surface area (Å²) < 4.78 is 5.06. The molecule has 0 aromatic heterocycles. The van der Waals surface area contributed by atoms with Crippen molar-refractivity contribution in [2.75, 3.05) is 20.7 Å². The Kier molecular flexibility index (Phi) is 4.12. The molecular formula is C11H14ClNO2. The van der Waals surface area contributed by atoms with Gasteiger partial charge in [0.1, 0.15) is 5.75 Å². The Balaban J connectivity index is 3.15. The van der Waals surface area contributed by atoms with E-state index in [9.17, 15) is 4.79 Å². The molecule has 0 bridgehead atoms. The van der Waals surface area contributed by atoms with Gasteiger partial charge in [-0.1, -0.05) is 11.6 Å². The molecule has 3 nitrogen and oxygen atoms in total. The SMILES string of the molecule is CNCC(=O)c1cc(OC)cc(Cl)c1C. The maximum Gasteiger partial charge on any atom is 0.177 e. The summed E-state index contributed by atoms with van der Waals surface area (Å²) in [5, 5.41) is 3.37. The normalized spacial score (nSPS) is 10.1. The van der Waals surface area contributed by atoms with Crippen LogP contribution in [0.5, 0.6) is 5.75 Å². The molecule has 0 saturated heterocycles. The molecule has 0 heterocycles. The third-order valence-corrected chi connectivity index (χ3v) is 2.58. The van der Waals surface area contributed by atoms with E-state index in [-0.39, 0.29) is 5.78 Å². The van der Waals surface area contributed by atoms with Crippen molar-refractivity contribution < 1.29 is 9.53 Å². The fourth-order valence-corrected chi connectivity index (χ4v) is 1.53. The van der Waals surface area contributed by atoms with Crippen LogP contribution in [0.4, 0.5) is 0 Å². The summed E-state index contributed by atoms with van der Waals surface area (Å²) >= 11 is 5.99. The van der Waals surface area contributed by atoms with Crippen LogP contribution in [0.25, 0.3) is 0 Å². The molecule has 1 N–H and O–H groups in total. The van der Waals surface area contributed by atoms with E-state index in [2.05, 4.69) is 5.32 Å². The third-order valence-electron chi connectivity index (χ3n) is 2.19. The summed E-state index contributed by atoms with van der Waals surface area (Å²) in [6.45, 7) is 2.12. The summed E-state index contributed by atoms with van der Waals surface area (Å²) in [5.74, 6) is 0.612. The summed E-state index contributed by atoms with van der Waals surface area (Å²) in [7, 11) is 3.28. The highest BCUT2D eigenvalue weighted by Crippen LogP contribution is 2.26. The van der Waals surface area contributed by atoms with Crippen molar-refractivity contribution in [3.63, 3.8) is 0 Å². The lowest BCUT2D eigenvalue weighted by Gasteiger charge is -2.09. The average Bonchev–Trinajstić information content (AvgIpc) is 2.22. The van der Waals surface area contributed by atoms with Crippen molar-refractivity contribution in [2.45, 2.75) is 6.92 Å². The Labute approximate surface area is 94.4 Å². The third kappa shape index (κ3) is 2.70. The van der Waals surface area contributed by atoms with Crippen LogP contribution >= 0.6 is 11.6 Å². The minimum absolute atomic E-state index is 0.0100. The molecule has 4 heteroatoms. The van der Waals surface area contributed by atoms with Gasteiger partial charge in [0.15, 0.2) is 5.78 Å². The van der Waals surface area contributed by atoms with Crippen molar-refractivity contribution in [1.82, 2.24) is 5.32 Å². The van der Waals surface area contributed by atoms with E-state index in [0.29, 0.717) is 22.9 Å². The second-order valence-electron chi connectivity index (χ2n) is 3.24. The molecule has 0 atom stereocenters. The van der Waals surface area contributed by atoms with E-state index >= 15 is 0 Å². The van der Waals surface area contributed by atoms with Gasteiger partial charge in [0.25, 0.3) is 0 Å². The van der Waals surface area contributed by atoms with Gasteiger partial charge in [-0.15, -0.1) is 0 Å². The zero-order valence-corrected chi connectivity index (χ0v) is 9.81. The second-order valence-corrected chi connectivity index (χ2v) is 3.64. The molecule has 0 fully saturated rings. The number of ether oxygens (including phenoxy) is 1. The number of methoxy groups -OCH3 is 1. The molecule has 0 aliphatic carbocycles. The van der Waals surface area contributed by atoms with Crippen molar-refractivity contribution in [1.29, 1.82) is 0 Å². The Hall–Kier alpha value is -1.06. The lowest BCUT2D eigenvalue weighted by molar-refractivity contribution is 0.0992. The van der Waals surface area contributed by atoms with Crippen LogP contribution in [0.3, 0.4) is 0 Å². The number of carbonyl (C=O) groups excluding carboxylic acids is 1. The number of likely N-dealkylation sites (N-methyl/N-ethyl adjacent to an activating group) is 1. The molecule has 0 amide bonds. The number of halogens is 1. The molecule has 15 heavy (non-hydrogen) atoms. The van der Waals surface area contributed by atoms with Crippen molar-refractivity contribution in [3.8, 4) is 5.75 Å². The van der Waals surface area contributed by atoms with Gasteiger partial charge in [-0.3, -0.25) is 4.79 Å². The zero-order chi connectivity index (χ0) is 11.4. The van der Waals surface area contributed by atoms with E-state index in [4.69, 9.17) is 16.3 Å². The highest BCUT2D eigenvalue weighted by molar-refractivity contribution is 6.32. The molecule has 1 aromatic rings. The molecule has 0 radical (unpaired) electrons. The second kappa shape index (κ2) is 5.14. The minimum Gasteiger partial charge on any atom is -0.497 e. The number of nitrogens with one attached hydrogen (secondary N) is 1. The van der Waals surface area contributed by atoms with Gasteiger partial charge in [0.2, 0.25) is 0 Å². The largest absolute Gasteiger partial charge is 0.497 e. The quantitative estimate of drug-likeness (QED) is 0.801. The van der Waals surface area contributed by atoms with E-state index in [0.717, 1.165) is 5.56 Å². The average molecular weight is 228 g/mol. The number of benzene rings is 1. The van der Waals surface area contributed by atoms with Crippen LogP contribution in [-0.4, -0.2) is 26.5 Å². The first-order valence-corrected chi connectivity index (χ1v) is 5.00. The Bertz CT molecular complexity index is 377. The molecule has 0 saturated carbocycles. The monoisotopic (exact) mass is 227 g/mol. The van der Waals surface area contributed by atoms with E-state index in [1.54, 1.807) is 26.3 Å². The maximum absolute atomic E-state index is 11.7. The fourth-order valence-electron chi connectivity index (χ4n) is 1.32. The van der Waals surface area contributed by atoms with E-state index in [1.807, 2.05) is 6.92 Å². The lowest BCUT2D eigenvalue weighted by Crippen LogP contribution is -2.19. The number of rotatable bonds is 4. The molecule has 1 rings (SSSR count). The van der Waals surface area contributed by atoms with Crippen molar-refractivity contribution in [3.05, 3.63) is 28.3 Å². The van der Waals surface area contributed by atoms with Crippen LogP contribution in [0.1, 0.15) is 15.9 Å². The van der Waals surface area contributed by atoms with Crippen molar-refractivity contribution >= 4 is 17.4 Å². The molecule has 0 aliphatic heterocycles. The molecule has 0 unspecified atom stereocenters. The number of carbonyl (C=O) groups is 1.